The Labute approximate surface area is 122 Å². The molecule has 1 aromatic carbocycles. The maximum atomic E-state index is 11.9. The van der Waals surface area contributed by atoms with Crippen molar-refractivity contribution in [3.8, 4) is 0 Å². The molecule has 1 aliphatic rings. The number of sulfonamides is 1. The highest BCUT2D eigenvalue weighted by atomic mass is 32.2. The van der Waals surface area contributed by atoms with E-state index in [1.807, 2.05) is 0 Å². The average Bonchev–Trinajstić information content (AvgIpc) is 2.84. The van der Waals surface area contributed by atoms with Gasteiger partial charge in [0.15, 0.2) is 6.10 Å². The summed E-state index contributed by atoms with van der Waals surface area (Å²) in [6.07, 6.45) is -2.66. The van der Waals surface area contributed by atoms with E-state index in [0.29, 0.717) is 18.7 Å². The van der Waals surface area contributed by atoms with Crippen LogP contribution in [0, 0.1) is 0 Å². The second-order valence-electron chi connectivity index (χ2n) is 4.75. The van der Waals surface area contributed by atoms with Gasteiger partial charge in [-0.2, -0.15) is 0 Å². The van der Waals surface area contributed by atoms with Crippen LogP contribution in [0.15, 0.2) is 24.3 Å². The van der Waals surface area contributed by atoms with Gasteiger partial charge in [-0.1, -0.05) is 12.1 Å². The average molecular weight is 315 g/mol. The van der Waals surface area contributed by atoms with Gasteiger partial charge in [0.1, 0.15) is 6.10 Å². The summed E-state index contributed by atoms with van der Waals surface area (Å²) >= 11 is 0. The first kappa shape index (κ1) is 15.7. The Hall–Kier alpha value is -1.64. The van der Waals surface area contributed by atoms with Crippen molar-refractivity contribution in [1.29, 1.82) is 0 Å². The molecule has 2 atom stereocenters. The zero-order valence-electron chi connectivity index (χ0n) is 11.5. The predicted molar refractivity (Wildman–Crippen MR) is 75.2 cm³/mol. The number of esters is 1. The van der Waals surface area contributed by atoms with Crippen LogP contribution in [0.5, 0.6) is 0 Å². The lowest BCUT2D eigenvalue weighted by atomic mass is 10.0. The first-order valence-corrected chi connectivity index (χ1v) is 8.02. The third-order valence-electron chi connectivity index (χ3n) is 3.34. The van der Waals surface area contributed by atoms with Crippen LogP contribution in [-0.4, -0.2) is 50.1 Å². The highest BCUT2D eigenvalue weighted by molar-refractivity contribution is 7.93. The lowest BCUT2D eigenvalue weighted by molar-refractivity contribution is -0.156. The molecular weight excluding hydrogens is 298 g/mol. The number of benzene rings is 1. The van der Waals surface area contributed by atoms with Gasteiger partial charge >= 0.3 is 5.97 Å². The molecule has 7 nitrogen and oxygen atoms in total. The van der Waals surface area contributed by atoms with Gasteiger partial charge in [0.05, 0.1) is 18.6 Å². The summed E-state index contributed by atoms with van der Waals surface area (Å²) in [7, 11) is -2.22. The zero-order chi connectivity index (χ0) is 15.6. The van der Waals surface area contributed by atoms with Gasteiger partial charge < -0.3 is 14.9 Å². The molecule has 2 unspecified atom stereocenters. The fourth-order valence-electron chi connectivity index (χ4n) is 2.23. The monoisotopic (exact) mass is 315 g/mol. The SMILES string of the molecule is COC(=O)C(O)C(O)c1cccc(N2CCCS2(=O)=O)c1. The lowest BCUT2D eigenvalue weighted by Crippen LogP contribution is -2.29. The van der Waals surface area contributed by atoms with Gasteiger partial charge in [-0.25, -0.2) is 13.2 Å². The highest BCUT2D eigenvalue weighted by Crippen LogP contribution is 2.27. The van der Waals surface area contributed by atoms with Crippen LogP contribution in [0.2, 0.25) is 0 Å². The molecule has 2 rings (SSSR count). The van der Waals surface area contributed by atoms with Crippen LogP contribution in [-0.2, 0) is 19.6 Å². The third kappa shape index (κ3) is 3.17. The molecule has 1 saturated heterocycles. The standard InChI is InChI=1S/C13H17NO6S/c1-20-13(17)12(16)11(15)9-4-2-5-10(8-9)14-6-3-7-21(14,18)19/h2,4-5,8,11-12,15-16H,3,6-7H2,1H3. The number of anilines is 1. The fourth-order valence-corrected chi connectivity index (χ4v) is 3.78. The molecule has 2 N–H and O–H groups in total. The molecule has 21 heavy (non-hydrogen) atoms. The summed E-state index contributed by atoms with van der Waals surface area (Å²) in [5.41, 5.74) is 0.647. The maximum Gasteiger partial charge on any atom is 0.337 e. The quantitative estimate of drug-likeness (QED) is 0.745. The summed E-state index contributed by atoms with van der Waals surface area (Å²) in [5, 5.41) is 19.6. The zero-order valence-corrected chi connectivity index (χ0v) is 12.3. The number of hydrogen-bond donors (Lipinski definition) is 2. The molecular formula is C13H17NO6S. The smallest absolute Gasteiger partial charge is 0.337 e. The number of carbonyl (C=O) groups excluding carboxylic acids is 1. The molecule has 0 aliphatic carbocycles. The Bertz CT molecular complexity index is 629. The highest BCUT2D eigenvalue weighted by Gasteiger charge is 2.30. The van der Waals surface area contributed by atoms with Crippen LogP contribution in [0.4, 0.5) is 5.69 Å². The van der Waals surface area contributed by atoms with E-state index in [-0.39, 0.29) is 11.3 Å². The van der Waals surface area contributed by atoms with Gasteiger partial charge in [-0.15, -0.1) is 0 Å². The molecule has 0 radical (unpaired) electrons. The number of methoxy groups -OCH3 is 1. The van der Waals surface area contributed by atoms with E-state index in [1.165, 1.54) is 16.4 Å². The predicted octanol–water partition coefficient (Wildman–Crippen LogP) is -0.206. The van der Waals surface area contributed by atoms with E-state index in [2.05, 4.69) is 4.74 Å². The van der Waals surface area contributed by atoms with Crippen molar-refractivity contribution in [2.45, 2.75) is 18.6 Å². The first-order chi connectivity index (χ1) is 9.86. The van der Waals surface area contributed by atoms with Crippen molar-refractivity contribution >= 4 is 21.7 Å². The van der Waals surface area contributed by atoms with Crippen molar-refractivity contribution in [3.63, 3.8) is 0 Å². The molecule has 0 bridgehead atoms. The van der Waals surface area contributed by atoms with E-state index >= 15 is 0 Å². The Morgan fingerprint density at radius 3 is 2.67 bits per heavy atom. The van der Waals surface area contributed by atoms with E-state index in [4.69, 9.17) is 0 Å². The normalized spacial score (nSPS) is 20.0. The van der Waals surface area contributed by atoms with Crippen molar-refractivity contribution in [3.05, 3.63) is 29.8 Å². The molecule has 0 aromatic heterocycles. The molecule has 0 amide bonds. The second-order valence-corrected chi connectivity index (χ2v) is 6.76. The molecule has 1 aliphatic heterocycles. The number of aliphatic hydroxyl groups is 2. The number of nitrogens with zero attached hydrogens (tertiary/aromatic N) is 1. The molecule has 1 aromatic rings. The number of hydrogen-bond acceptors (Lipinski definition) is 6. The molecule has 116 valence electrons. The largest absolute Gasteiger partial charge is 0.467 e. The minimum absolute atomic E-state index is 0.0879. The number of ether oxygens (including phenoxy) is 1. The van der Waals surface area contributed by atoms with Crippen LogP contribution in [0.25, 0.3) is 0 Å². The summed E-state index contributed by atoms with van der Waals surface area (Å²) in [5.74, 6) is -0.869. The lowest BCUT2D eigenvalue weighted by Gasteiger charge is -2.20. The van der Waals surface area contributed by atoms with E-state index in [9.17, 15) is 23.4 Å². The fraction of sp³-hybridized carbons (Fsp3) is 0.462. The van der Waals surface area contributed by atoms with Crippen molar-refractivity contribution in [2.24, 2.45) is 0 Å². The second kappa shape index (κ2) is 6.00. The van der Waals surface area contributed by atoms with Crippen molar-refractivity contribution in [2.75, 3.05) is 23.7 Å². The minimum atomic E-state index is -3.33. The summed E-state index contributed by atoms with van der Waals surface area (Å²) in [4.78, 5) is 11.2. The van der Waals surface area contributed by atoms with Gasteiger partial charge in [0, 0.05) is 6.54 Å². The van der Waals surface area contributed by atoms with Gasteiger partial charge in [0.2, 0.25) is 10.0 Å². The van der Waals surface area contributed by atoms with Crippen LogP contribution < -0.4 is 4.31 Å². The Morgan fingerprint density at radius 1 is 1.38 bits per heavy atom. The Balaban J connectivity index is 2.28. The molecule has 8 heteroatoms. The van der Waals surface area contributed by atoms with Gasteiger partial charge in [-0.3, -0.25) is 4.31 Å². The van der Waals surface area contributed by atoms with Crippen LogP contribution >= 0.6 is 0 Å². The molecule has 1 heterocycles. The third-order valence-corrected chi connectivity index (χ3v) is 5.21. The number of aliphatic hydroxyl groups excluding tert-OH is 2. The Kier molecular flexibility index (Phi) is 4.50. The minimum Gasteiger partial charge on any atom is -0.467 e. The summed E-state index contributed by atoms with van der Waals surface area (Å²) in [6, 6.07) is 6.11. The first-order valence-electron chi connectivity index (χ1n) is 6.41. The van der Waals surface area contributed by atoms with Crippen LogP contribution in [0.1, 0.15) is 18.1 Å². The van der Waals surface area contributed by atoms with Crippen LogP contribution in [0.3, 0.4) is 0 Å². The van der Waals surface area contributed by atoms with Gasteiger partial charge in [0.25, 0.3) is 0 Å². The molecule has 0 saturated carbocycles. The summed E-state index contributed by atoms with van der Waals surface area (Å²) < 4.78 is 29.4. The van der Waals surface area contributed by atoms with E-state index in [1.54, 1.807) is 12.1 Å². The van der Waals surface area contributed by atoms with Gasteiger partial charge in [-0.05, 0) is 24.1 Å². The van der Waals surface area contributed by atoms with E-state index in [0.717, 1.165) is 7.11 Å². The summed E-state index contributed by atoms with van der Waals surface area (Å²) in [6.45, 7) is 0.376. The Morgan fingerprint density at radius 2 is 2.10 bits per heavy atom. The topological polar surface area (TPSA) is 104 Å². The molecule has 0 spiro atoms. The van der Waals surface area contributed by atoms with E-state index < -0.39 is 28.2 Å². The van der Waals surface area contributed by atoms with Crippen molar-refractivity contribution in [1.82, 2.24) is 0 Å². The van der Waals surface area contributed by atoms with Crippen molar-refractivity contribution < 1.29 is 28.2 Å². The molecule has 1 fully saturated rings. The number of carbonyl (C=O) groups is 1. The maximum absolute atomic E-state index is 11.9. The number of rotatable bonds is 4.